The lowest BCUT2D eigenvalue weighted by Gasteiger charge is -2.10. The number of rotatable bonds is 7. The van der Waals surface area contributed by atoms with E-state index >= 15 is 0 Å². The van der Waals surface area contributed by atoms with Crippen molar-refractivity contribution in [2.24, 2.45) is 0 Å². The molecule has 23 heavy (non-hydrogen) atoms. The summed E-state index contributed by atoms with van der Waals surface area (Å²) in [5.74, 6) is -2.42. The summed E-state index contributed by atoms with van der Waals surface area (Å²) in [6, 6.07) is 2.72. The van der Waals surface area contributed by atoms with Crippen LogP contribution in [0.15, 0.2) is 30.5 Å². The van der Waals surface area contributed by atoms with Gasteiger partial charge in [0.15, 0.2) is 0 Å². The molecule has 0 unspecified atom stereocenters. The Labute approximate surface area is 132 Å². The minimum atomic E-state index is -0.785. The molecular weight excluding hydrogens is 306 g/mol. The number of aromatic nitrogens is 1. The summed E-state index contributed by atoms with van der Waals surface area (Å²) in [6.45, 7) is 3.50. The summed E-state index contributed by atoms with van der Waals surface area (Å²) in [7, 11) is 3.55. The molecule has 0 radical (unpaired) electrons. The summed E-state index contributed by atoms with van der Waals surface area (Å²) < 4.78 is 20.2. The molecule has 1 heterocycles. The Morgan fingerprint density at radius 2 is 1.57 bits per heavy atom. The first kappa shape index (κ1) is 18.0. The number of methoxy groups -OCH3 is 3. The van der Waals surface area contributed by atoms with Crippen molar-refractivity contribution in [1.82, 2.24) is 4.57 Å². The smallest absolute Gasteiger partial charge is 0.374 e. The van der Waals surface area contributed by atoms with E-state index in [0.29, 0.717) is 0 Å². The SMILES string of the molecule is C=CCO/C(=C\n1c(C(=O)OC)ccc1C(=O)OC)C(=O)OC. The van der Waals surface area contributed by atoms with Gasteiger partial charge in [-0.1, -0.05) is 12.7 Å². The second-order valence-corrected chi connectivity index (χ2v) is 4.04. The lowest BCUT2D eigenvalue weighted by atomic mass is 10.4. The van der Waals surface area contributed by atoms with Gasteiger partial charge in [0.2, 0.25) is 5.76 Å². The fourth-order valence-electron chi connectivity index (χ4n) is 1.64. The van der Waals surface area contributed by atoms with Crippen LogP contribution in [0.3, 0.4) is 0 Å². The normalized spacial score (nSPS) is 10.7. The molecule has 0 N–H and O–H groups in total. The summed E-state index contributed by atoms with van der Waals surface area (Å²) in [5, 5.41) is 0. The topological polar surface area (TPSA) is 93.1 Å². The Morgan fingerprint density at radius 3 is 1.96 bits per heavy atom. The highest BCUT2D eigenvalue weighted by Gasteiger charge is 2.21. The number of ether oxygens (including phenoxy) is 4. The standard InChI is InChI=1S/C15H17NO7/c1-5-8-23-12(15(19)22-4)9-16-10(13(17)20-2)6-7-11(16)14(18)21-3/h5-7,9H,1,8H2,2-4H3/b12-9-. The molecule has 0 aliphatic heterocycles. The van der Waals surface area contributed by atoms with Gasteiger partial charge in [0, 0.05) is 0 Å². The Morgan fingerprint density at radius 1 is 1.04 bits per heavy atom. The lowest BCUT2D eigenvalue weighted by Crippen LogP contribution is -2.16. The molecule has 0 fully saturated rings. The Balaban J connectivity index is 3.44. The van der Waals surface area contributed by atoms with E-state index in [2.05, 4.69) is 20.8 Å². The van der Waals surface area contributed by atoms with Gasteiger partial charge in [-0.2, -0.15) is 0 Å². The fourth-order valence-corrected chi connectivity index (χ4v) is 1.64. The van der Waals surface area contributed by atoms with Crippen LogP contribution in [0.2, 0.25) is 0 Å². The second-order valence-electron chi connectivity index (χ2n) is 4.04. The first-order valence-corrected chi connectivity index (χ1v) is 6.41. The molecule has 0 amide bonds. The second kappa shape index (κ2) is 8.42. The van der Waals surface area contributed by atoms with E-state index in [0.717, 1.165) is 10.8 Å². The predicted molar refractivity (Wildman–Crippen MR) is 79.5 cm³/mol. The summed E-state index contributed by atoms with van der Waals surface area (Å²) in [4.78, 5) is 35.3. The van der Waals surface area contributed by atoms with Crippen LogP contribution in [0.5, 0.6) is 0 Å². The molecule has 0 aromatic carbocycles. The third-order valence-electron chi connectivity index (χ3n) is 2.70. The zero-order valence-electron chi connectivity index (χ0n) is 13.0. The van der Waals surface area contributed by atoms with Crippen molar-refractivity contribution in [3.05, 3.63) is 41.9 Å². The molecule has 1 aromatic rings. The van der Waals surface area contributed by atoms with Crippen LogP contribution >= 0.6 is 0 Å². The van der Waals surface area contributed by atoms with Crippen LogP contribution in [0, 0.1) is 0 Å². The number of hydrogen-bond acceptors (Lipinski definition) is 7. The Bertz CT molecular complexity index is 609. The van der Waals surface area contributed by atoms with Gasteiger partial charge < -0.3 is 23.5 Å². The molecule has 0 saturated heterocycles. The van der Waals surface area contributed by atoms with Gasteiger partial charge in [0.05, 0.1) is 27.5 Å². The zero-order valence-corrected chi connectivity index (χ0v) is 13.0. The average Bonchev–Trinajstić information content (AvgIpc) is 2.99. The highest BCUT2D eigenvalue weighted by Crippen LogP contribution is 2.15. The minimum absolute atomic E-state index is 0.0107. The summed E-state index contributed by atoms with van der Waals surface area (Å²) >= 11 is 0. The van der Waals surface area contributed by atoms with Gasteiger partial charge in [-0.05, 0) is 12.1 Å². The van der Waals surface area contributed by atoms with Gasteiger partial charge in [-0.25, -0.2) is 14.4 Å². The van der Waals surface area contributed by atoms with E-state index in [9.17, 15) is 14.4 Å². The summed E-state index contributed by atoms with van der Waals surface area (Å²) in [6.07, 6.45) is 2.57. The van der Waals surface area contributed by atoms with Crippen molar-refractivity contribution in [3.63, 3.8) is 0 Å². The largest absolute Gasteiger partial charge is 0.481 e. The van der Waals surface area contributed by atoms with Crippen molar-refractivity contribution < 1.29 is 33.3 Å². The van der Waals surface area contributed by atoms with Crippen molar-refractivity contribution in [2.45, 2.75) is 0 Å². The molecule has 0 aliphatic carbocycles. The Kier molecular flexibility index (Phi) is 6.60. The van der Waals surface area contributed by atoms with Crippen LogP contribution in [0.1, 0.15) is 21.0 Å². The molecule has 124 valence electrons. The van der Waals surface area contributed by atoms with Crippen LogP contribution in [-0.2, 0) is 23.7 Å². The number of carbonyl (C=O) groups excluding carboxylic acids is 3. The Hall–Kier alpha value is -3.03. The molecule has 1 aromatic heterocycles. The third kappa shape index (κ3) is 4.22. The van der Waals surface area contributed by atoms with E-state index in [-0.39, 0.29) is 23.8 Å². The number of nitrogens with zero attached hydrogens (tertiary/aromatic N) is 1. The van der Waals surface area contributed by atoms with E-state index in [1.807, 2.05) is 0 Å². The number of esters is 3. The van der Waals surface area contributed by atoms with Gasteiger partial charge in [0.25, 0.3) is 0 Å². The van der Waals surface area contributed by atoms with Crippen molar-refractivity contribution >= 4 is 24.1 Å². The monoisotopic (exact) mass is 323 g/mol. The molecule has 8 nitrogen and oxygen atoms in total. The average molecular weight is 323 g/mol. The van der Waals surface area contributed by atoms with Crippen LogP contribution in [0.25, 0.3) is 6.20 Å². The zero-order chi connectivity index (χ0) is 17.4. The molecule has 0 saturated carbocycles. The molecule has 0 atom stereocenters. The first-order valence-electron chi connectivity index (χ1n) is 6.41. The maximum absolute atomic E-state index is 11.8. The molecule has 0 aliphatic rings. The summed E-state index contributed by atoms with van der Waals surface area (Å²) in [5.41, 5.74) is 0.0213. The van der Waals surface area contributed by atoms with Crippen LogP contribution in [-0.4, -0.2) is 50.4 Å². The van der Waals surface area contributed by atoms with E-state index < -0.39 is 17.9 Å². The van der Waals surface area contributed by atoms with Gasteiger partial charge in [-0.3, -0.25) is 0 Å². The van der Waals surface area contributed by atoms with Gasteiger partial charge in [-0.15, -0.1) is 0 Å². The molecular formula is C15H17NO7. The molecule has 0 spiro atoms. The van der Waals surface area contributed by atoms with Gasteiger partial charge in [0.1, 0.15) is 18.0 Å². The van der Waals surface area contributed by atoms with E-state index in [4.69, 9.17) is 4.74 Å². The van der Waals surface area contributed by atoms with Crippen molar-refractivity contribution in [2.75, 3.05) is 27.9 Å². The highest BCUT2D eigenvalue weighted by atomic mass is 16.6. The van der Waals surface area contributed by atoms with Gasteiger partial charge >= 0.3 is 17.9 Å². The number of hydrogen-bond donors (Lipinski definition) is 0. The van der Waals surface area contributed by atoms with Crippen molar-refractivity contribution in [1.29, 1.82) is 0 Å². The minimum Gasteiger partial charge on any atom is -0.481 e. The van der Waals surface area contributed by atoms with E-state index in [1.54, 1.807) is 0 Å². The molecule has 0 bridgehead atoms. The maximum atomic E-state index is 11.8. The highest BCUT2D eigenvalue weighted by molar-refractivity contribution is 5.96. The number of carbonyl (C=O) groups is 3. The first-order chi connectivity index (χ1) is 11.0. The molecule has 1 rings (SSSR count). The quantitative estimate of drug-likeness (QED) is 0.245. The van der Waals surface area contributed by atoms with Crippen molar-refractivity contribution in [3.8, 4) is 0 Å². The van der Waals surface area contributed by atoms with E-state index in [1.165, 1.54) is 39.5 Å². The fraction of sp³-hybridized carbons (Fsp3) is 0.267. The van der Waals surface area contributed by atoms with Crippen LogP contribution < -0.4 is 0 Å². The molecule has 8 heteroatoms. The predicted octanol–water partition coefficient (Wildman–Crippen LogP) is 1.24. The van der Waals surface area contributed by atoms with Crippen LogP contribution in [0.4, 0.5) is 0 Å². The lowest BCUT2D eigenvalue weighted by molar-refractivity contribution is -0.139. The third-order valence-corrected chi connectivity index (χ3v) is 2.70. The maximum Gasteiger partial charge on any atom is 0.374 e.